The summed E-state index contributed by atoms with van der Waals surface area (Å²) in [5.41, 5.74) is 0.788. The van der Waals surface area contributed by atoms with Gasteiger partial charge in [-0.2, -0.15) is 0 Å². The van der Waals surface area contributed by atoms with E-state index in [1.807, 2.05) is 6.92 Å². The van der Waals surface area contributed by atoms with E-state index < -0.39 is 0 Å². The number of carbonyl (C=O) groups is 1. The van der Waals surface area contributed by atoms with Gasteiger partial charge in [-0.05, 0) is 37.0 Å². The van der Waals surface area contributed by atoms with Crippen molar-refractivity contribution in [1.29, 1.82) is 0 Å². The predicted octanol–water partition coefficient (Wildman–Crippen LogP) is 1.46. The first-order valence-electron chi connectivity index (χ1n) is 6.20. The molecule has 0 fully saturated rings. The van der Waals surface area contributed by atoms with Crippen molar-refractivity contribution in [1.82, 2.24) is 5.32 Å². The summed E-state index contributed by atoms with van der Waals surface area (Å²) >= 11 is 0. The molecule has 3 N–H and O–H groups in total. The van der Waals surface area contributed by atoms with E-state index in [0.29, 0.717) is 13.0 Å². The van der Waals surface area contributed by atoms with E-state index in [9.17, 15) is 15.0 Å². The Balaban J connectivity index is 2.34. The molecular formula is C14H21NO3. The molecule has 1 amide bonds. The minimum absolute atomic E-state index is 0.0713. The second kappa shape index (κ2) is 7.01. The van der Waals surface area contributed by atoms with Crippen LogP contribution < -0.4 is 5.32 Å². The van der Waals surface area contributed by atoms with Crippen LogP contribution in [0.2, 0.25) is 0 Å². The number of phenolic OH excluding ortho intramolecular Hbond substituents is 1. The molecule has 0 saturated heterocycles. The molecule has 4 heteroatoms. The number of benzene rings is 1. The average Bonchev–Trinajstić information content (AvgIpc) is 2.25. The number of aromatic hydroxyl groups is 1. The zero-order chi connectivity index (χ0) is 13.5. The highest BCUT2D eigenvalue weighted by Gasteiger charge is 2.09. The summed E-state index contributed by atoms with van der Waals surface area (Å²) in [5.74, 6) is 0.346. The topological polar surface area (TPSA) is 69.6 Å². The van der Waals surface area contributed by atoms with Gasteiger partial charge in [0.05, 0.1) is 12.5 Å². The second-order valence-electron chi connectivity index (χ2n) is 4.84. The van der Waals surface area contributed by atoms with E-state index in [0.717, 1.165) is 5.56 Å². The fourth-order valence-corrected chi connectivity index (χ4v) is 1.87. The van der Waals surface area contributed by atoms with Crippen LogP contribution in [0.5, 0.6) is 5.75 Å². The third-order valence-electron chi connectivity index (χ3n) is 2.67. The van der Waals surface area contributed by atoms with Gasteiger partial charge in [-0.1, -0.05) is 19.1 Å². The maximum Gasteiger partial charge on any atom is 0.224 e. The van der Waals surface area contributed by atoms with Crippen LogP contribution in [0.25, 0.3) is 0 Å². The molecule has 0 unspecified atom stereocenters. The van der Waals surface area contributed by atoms with Crippen LogP contribution in [0, 0.1) is 5.92 Å². The van der Waals surface area contributed by atoms with Gasteiger partial charge in [0.15, 0.2) is 0 Å². The van der Waals surface area contributed by atoms with Gasteiger partial charge in [0, 0.05) is 6.54 Å². The van der Waals surface area contributed by atoms with E-state index in [1.54, 1.807) is 31.2 Å². The van der Waals surface area contributed by atoms with Crippen molar-refractivity contribution in [3.63, 3.8) is 0 Å². The second-order valence-corrected chi connectivity index (χ2v) is 4.84. The lowest BCUT2D eigenvalue weighted by molar-refractivity contribution is -0.120. The predicted molar refractivity (Wildman–Crippen MR) is 70.3 cm³/mol. The molecule has 0 heterocycles. The number of nitrogens with one attached hydrogen (secondary N) is 1. The van der Waals surface area contributed by atoms with Crippen LogP contribution in [-0.2, 0) is 11.2 Å². The van der Waals surface area contributed by atoms with Crippen LogP contribution >= 0.6 is 0 Å². The first kappa shape index (κ1) is 14.5. The molecule has 0 spiro atoms. The molecule has 0 aliphatic rings. The molecule has 0 bridgehead atoms. The molecule has 0 saturated carbocycles. The summed E-state index contributed by atoms with van der Waals surface area (Å²) in [6.45, 7) is 4.29. The standard InChI is InChI=1S/C14H21NO3/c1-10(6-11(2)16)9-15-14(18)8-12-4-3-5-13(17)7-12/h3-5,7,10-11,16-17H,6,8-9H2,1-2H3,(H,15,18)/t10-,11-/m0/s1. The van der Waals surface area contributed by atoms with Crippen LogP contribution in [0.1, 0.15) is 25.8 Å². The average molecular weight is 251 g/mol. The molecule has 0 aliphatic carbocycles. The number of rotatable bonds is 6. The van der Waals surface area contributed by atoms with E-state index in [2.05, 4.69) is 5.32 Å². The molecule has 100 valence electrons. The first-order valence-corrected chi connectivity index (χ1v) is 6.20. The SMILES string of the molecule is C[C@H](CNC(=O)Cc1cccc(O)c1)C[C@H](C)O. The fraction of sp³-hybridized carbons (Fsp3) is 0.500. The Morgan fingerprint density at radius 1 is 1.39 bits per heavy atom. The Morgan fingerprint density at radius 2 is 2.11 bits per heavy atom. The Kier molecular flexibility index (Phi) is 5.65. The van der Waals surface area contributed by atoms with E-state index >= 15 is 0 Å². The van der Waals surface area contributed by atoms with Crippen molar-refractivity contribution < 1.29 is 15.0 Å². The molecular weight excluding hydrogens is 230 g/mol. The lowest BCUT2D eigenvalue weighted by atomic mass is 10.0. The van der Waals surface area contributed by atoms with Gasteiger partial charge >= 0.3 is 0 Å². The van der Waals surface area contributed by atoms with Crippen LogP contribution in [0.3, 0.4) is 0 Å². The fourth-order valence-electron chi connectivity index (χ4n) is 1.87. The molecule has 0 aromatic heterocycles. The molecule has 1 aromatic rings. The van der Waals surface area contributed by atoms with Gasteiger partial charge in [0.2, 0.25) is 5.91 Å². The lowest BCUT2D eigenvalue weighted by Crippen LogP contribution is -2.30. The van der Waals surface area contributed by atoms with E-state index in [-0.39, 0.29) is 30.1 Å². The Morgan fingerprint density at radius 3 is 2.72 bits per heavy atom. The van der Waals surface area contributed by atoms with Gasteiger partial charge in [-0.25, -0.2) is 0 Å². The number of phenols is 1. The number of hydrogen-bond donors (Lipinski definition) is 3. The number of aliphatic hydroxyl groups is 1. The number of aliphatic hydroxyl groups excluding tert-OH is 1. The normalized spacial score (nSPS) is 13.9. The summed E-state index contributed by atoms with van der Waals surface area (Å²) in [6, 6.07) is 6.68. The molecule has 1 aromatic carbocycles. The molecule has 18 heavy (non-hydrogen) atoms. The maximum atomic E-state index is 11.7. The van der Waals surface area contributed by atoms with E-state index in [1.165, 1.54) is 0 Å². The minimum atomic E-state index is -0.344. The highest BCUT2D eigenvalue weighted by molar-refractivity contribution is 5.78. The smallest absolute Gasteiger partial charge is 0.224 e. The summed E-state index contributed by atoms with van der Waals surface area (Å²) < 4.78 is 0. The van der Waals surface area contributed by atoms with Crippen molar-refractivity contribution in [2.24, 2.45) is 5.92 Å². The maximum absolute atomic E-state index is 11.7. The number of carbonyl (C=O) groups excluding carboxylic acids is 1. The van der Waals surface area contributed by atoms with Crippen molar-refractivity contribution in [2.45, 2.75) is 32.8 Å². The Bertz CT molecular complexity index is 390. The summed E-state index contributed by atoms with van der Waals surface area (Å²) in [4.78, 5) is 11.7. The van der Waals surface area contributed by atoms with E-state index in [4.69, 9.17) is 0 Å². The largest absolute Gasteiger partial charge is 0.508 e. The molecule has 0 radical (unpaired) electrons. The molecule has 4 nitrogen and oxygen atoms in total. The lowest BCUT2D eigenvalue weighted by Gasteiger charge is -2.14. The summed E-state index contributed by atoms with van der Waals surface area (Å²) in [7, 11) is 0. The highest BCUT2D eigenvalue weighted by atomic mass is 16.3. The van der Waals surface area contributed by atoms with Gasteiger partial charge in [0.25, 0.3) is 0 Å². The third-order valence-corrected chi connectivity index (χ3v) is 2.67. The quantitative estimate of drug-likeness (QED) is 0.717. The Labute approximate surface area is 108 Å². The summed E-state index contributed by atoms with van der Waals surface area (Å²) in [5, 5.41) is 21.3. The van der Waals surface area contributed by atoms with Crippen LogP contribution in [0.4, 0.5) is 0 Å². The third kappa shape index (κ3) is 5.68. The number of amides is 1. The Hall–Kier alpha value is -1.55. The van der Waals surface area contributed by atoms with Crippen LogP contribution in [0.15, 0.2) is 24.3 Å². The van der Waals surface area contributed by atoms with Crippen molar-refractivity contribution in [2.75, 3.05) is 6.54 Å². The van der Waals surface area contributed by atoms with Gasteiger partial charge in [-0.3, -0.25) is 4.79 Å². The first-order chi connectivity index (χ1) is 8.47. The van der Waals surface area contributed by atoms with Crippen molar-refractivity contribution in [3.05, 3.63) is 29.8 Å². The molecule has 2 atom stereocenters. The van der Waals surface area contributed by atoms with Gasteiger partial charge in [-0.15, -0.1) is 0 Å². The number of hydrogen-bond acceptors (Lipinski definition) is 3. The van der Waals surface area contributed by atoms with Gasteiger partial charge < -0.3 is 15.5 Å². The molecule has 1 rings (SSSR count). The van der Waals surface area contributed by atoms with Crippen molar-refractivity contribution in [3.8, 4) is 5.75 Å². The highest BCUT2D eigenvalue weighted by Crippen LogP contribution is 2.11. The summed E-state index contributed by atoms with van der Waals surface area (Å²) in [6.07, 6.45) is 0.588. The monoisotopic (exact) mass is 251 g/mol. The minimum Gasteiger partial charge on any atom is -0.508 e. The zero-order valence-electron chi connectivity index (χ0n) is 10.9. The zero-order valence-corrected chi connectivity index (χ0v) is 10.9. The van der Waals surface area contributed by atoms with Crippen LogP contribution in [-0.4, -0.2) is 28.8 Å². The van der Waals surface area contributed by atoms with Crippen molar-refractivity contribution >= 4 is 5.91 Å². The van der Waals surface area contributed by atoms with Gasteiger partial charge in [0.1, 0.15) is 5.75 Å². The molecule has 0 aliphatic heterocycles.